The molecular formula is C21H26FN3OS. The van der Waals surface area contributed by atoms with Crippen LogP contribution in [0.25, 0.3) is 0 Å². The minimum absolute atomic E-state index is 0.106. The Hall–Kier alpha value is -2.02. The summed E-state index contributed by atoms with van der Waals surface area (Å²) in [6.07, 6.45) is 0. The van der Waals surface area contributed by atoms with Crippen LogP contribution >= 0.6 is 12.2 Å². The first-order valence-corrected chi connectivity index (χ1v) is 9.63. The molecular weight excluding hydrogens is 361 g/mol. The highest BCUT2D eigenvalue weighted by molar-refractivity contribution is 7.80. The molecule has 6 heteroatoms. The summed E-state index contributed by atoms with van der Waals surface area (Å²) in [5, 5.41) is 7.15. The number of anilines is 1. The second-order valence-electron chi connectivity index (χ2n) is 6.85. The van der Waals surface area contributed by atoms with Crippen LogP contribution in [0.4, 0.5) is 10.1 Å². The second kappa shape index (κ2) is 9.26. The number of nitrogens with one attached hydrogen (secondary N) is 2. The van der Waals surface area contributed by atoms with Crippen LogP contribution in [0, 0.1) is 19.7 Å². The topological polar surface area (TPSA) is 36.5 Å². The van der Waals surface area contributed by atoms with E-state index < -0.39 is 0 Å². The fourth-order valence-corrected chi connectivity index (χ4v) is 3.42. The van der Waals surface area contributed by atoms with Crippen LogP contribution < -0.4 is 10.6 Å². The average Bonchev–Trinajstić information content (AvgIpc) is 2.67. The van der Waals surface area contributed by atoms with Gasteiger partial charge < -0.3 is 15.4 Å². The van der Waals surface area contributed by atoms with Crippen LogP contribution in [0.3, 0.4) is 0 Å². The molecule has 0 spiro atoms. The Morgan fingerprint density at radius 2 is 1.81 bits per heavy atom. The Labute approximate surface area is 165 Å². The monoisotopic (exact) mass is 387 g/mol. The van der Waals surface area contributed by atoms with Gasteiger partial charge in [0.2, 0.25) is 0 Å². The number of hydrogen-bond donors (Lipinski definition) is 2. The zero-order chi connectivity index (χ0) is 19.2. The fourth-order valence-electron chi connectivity index (χ4n) is 3.22. The molecule has 1 heterocycles. The predicted molar refractivity (Wildman–Crippen MR) is 112 cm³/mol. The van der Waals surface area contributed by atoms with Gasteiger partial charge in [-0.25, -0.2) is 4.39 Å². The number of hydrogen-bond acceptors (Lipinski definition) is 3. The third kappa shape index (κ3) is 5.48. The molecule has 1 aliphatic heterocycles. The van der Waals surface area contributed by atoms with Crippen LogP contribution in [0.1, 0.15) is 22.7 Å². The van der Waals surface area contributed by atoms with Crippen LogP contribution in [-0.4, -0.2) is 42.9 Å². The molecule has 0 aromatic heterocycles. The molecule has 2 aromatic carbocycles. The lowest BCUT2D eigenvalue weighted by Crippen LogP contribution is -2.44. The lowest BCUT2D eigenvalue weighted by molar-refractivity contribution is 0.0170. The summed E-state index contributed by atoms with van der Waals surface area (Å²) in [4.78, 5) is 2.35. The normalized spacial score (nSPS) is 16.0. The number of morpholine rings is 1. The van der Waals surface area contributed by atoms with Crippen molar-refractivity contribution in [2.24, 2.45) is 0 Å². The number of benzene rings is 2. The lowest BCUT2D eigenvalue weighted by Gasteiger charge is -2.35. The van der Waals surface area contributed by atoms with Crippen molar-refractivity contribution in [3.05, 3.63) is 65.0 Å². The van der Waals surface area contributed by atoms with Crippen molar-refractivity contribution in [2.75, 3.05) is 38.2 Å². The maximum absolute atomic E-state index is 13.3. The van der Waals surface area contributed by atoms with Crippen molar-refractivity contribution in [2.45, 2.75) is 19.9 Å². The van der Waals surface area contributed by atoms with Gasteiger partial charge in [-0.15, -0.1) is 0 Å². The molecule has 1 unspecified atom stereocenters. The SMILES string of the molecule is Cc1ccc(NC(=S)NCC(c2ccc(F)cc2)N2CCOCC2)cc1C. The summed E-state index contributed by atoms with van der Waals surface area (Å²) in [5.74, 6) is -0.223. The van der Waals surface area contributed by atoms with Crippen LogP contribution in [0.5, 0.6) is 0 Å². The summed E-state index contributed by atoms with van der Waals surface area (Å²) in [6, 6.07) is 13.0. The molecule has 144 valence electrons. The van der Waals surface area contributed by atoms with Gasteiger partial charge in [0, 0.05) is 25.3 Å². The molecule has 2 aromatic rings. The Morgan fingerprint density at radius 1 is 1.11 bits per heavy atom. The van der Waals surface area contributed by atoms with Crippen LogP contribution in [0.15, 0.2) is 42.5 Å². The Morgan fingerprint density at radius 3 is 2.48 bits per heavy atom. The number of ether oxygens (including phenoxy) is 1. The van der Waals surface area contributed by atoms with Gasteiger partial charge in [-0.1, -0.05) is 18.2 Å². The molecule has 0 amide bonds. The molecule has 27 heavy (non-hydrogen) atoms. The Bertz CT molecular complexity index is 775. The van der Waals surface area contributed by atoms with Crippen LogP contribution in [-0.2, 0) is 4.74 Å². The van der Waals surface area contributed by atoms with E-state index in [2.05, 4.69) is 41.5 Å². The van der Waals surface area contributed by atoms with Crippen molar-refractivity contribution < 1.29 is 9.13 Å². The van der Waals surface area contributed by atoms with Gasteiger partial charge in [-0.2, -0.15) is 0 Å². The summed E-state index contributed by atoms with van der Waals surface area (Å²) in [6.45, 7) is 7.93. The van der Waals surface area contributed by atoms with Crippen LogP contribution in [0.2, 0.25) is 0 Å². The quantitative estimate of drug-likeness (QED) is 0.763. The van der Waals surface area contributed by atoms with Gasteiger partial charge in [0.25, 0.3) is 0 Å². The third-order valence-electron chi connectivity index (χ3n) is 4.96. The van der Waals surface area contributed by atoms with Gasteiger partial charge in [0.05, 0.1) is 19.3 Å². The number of aryl methyl sites for hydroxylation is 2. The second-order valence-corrected chi connectivity index (χ2v) is 7.26. The largest absolute Gasteiger partial charge is 0.379 e. The highest BCUT2D eigenvalue weighted by atomic mass is 32.1. The minimum atomic E-state index is -0.223. The van der Waals surface area contributed by atoms with Gasteiger partial charge in [0.15, 0.2) is 5.11 Å². The molecule has 2 N–H and O–H groups in total. The smallest absolute Gasteiger partial charge is 0.170 e. The van der Waals surface area contributed by atoms with E-state index in [0.717, 1.165) is 24.3 Å². The minimum Gasteiger partial charge on any atom is -0.379 e. The molecule has 1 aliphatic rings. The molecule has 1 atom stereocenters. The van der Waals surface area contributed by atoms with Crippen molar-refractivity contribution in [1.82, 2.24) is 10.2 Å². The lowest BCUT2D eigenvalue weighted by atomic mass is 10.0. The Balaban J connectivity index is 1.65. The third-order valence-corrected chi connectivity index (χ3v) is 5.21. The summed E-state index contributed by atoms with van der Waals surface area (Å²) >= 11 is 5.48. The highest BCUT2D eigenvalue weighted by Crippen LogP contribution is 2.22. The zero-order valence-electron chi connectivity index (χ0n) is 15.8. The van der Waals surface area contributed by atoms with E-state index in [0.29, 0.717) is 24.9 Å². The molecule has 3 rings (SSSR count). The molecule has 4 nitrogen and oxygen atoms in total. The maximum atomic E-state index is 13.3. The number of rotatable bonds is 5. The number of nitrogens with zero attached hydrogens (tertiary/aromatic N) is 1. The maximum Gasteiger partial charge on any atom is 0.170 e. The molecule has 0 aliphatic carbocycles. The van der Waals surface area contributed by atoms with Gasteiger partial charge >= 0.3 is 0 Å². The fraction of sp³-hybridized carbons (Fsp3) is 0.381. The summed E-state index contributed by atoms with van der Waals surface area (Å²) in [5.41, 5.74) is 4.52. The van der Waals surface area contributed by atoms with Gasteiger partial charge in [-0.3, -0.25) is 4.90 Å². The molecule has 1 fully saturated rings. The average molecular weight is 388 g/mol. The Kier molecular flexibility index (Phi) is 6.77. The predicted octanol–water partition coefficient (Wildman–Crippen LogP) is 3.80. The molecule has 0 radical (unpaired) electrons. The zero-order valence-corrected chi connectivity index (χ0v) is 16.6. The van der Waals surface area contributed by atoms with E-state index in [1.54, 1.807) is 0 Å². The first-order valence-electron chi connectivity index (χ1n) is 9.22. The van der Waals surface area contributed by atoms with E-state index in [-0.39, 0.29) is 11.9 Å². The standard InChI is InChI=1S/C21H26FN3OS/c1-15-3-8-19(13-16(15)2)24-21(27)23-14-20(25-9-11-26-12-10-25)17-4-6-18(22)7-5-17/h3-8,13,20H,9-12,14H2,1-2H3,(H2,23,24,27). The first-order chi connectivity index (χ1) is 13.0. The van der Waals surface area contributed by atoms with E-state index in [9.17, 15) is 4.39 Å². The van der Waals surface area contributed by atoms with Crippen molar-refractivity contribution in [1.29, 1.82) is 0 Å². The number of thiocarbonyl (C=S) groups is 1. The number of halogens is 1. The molecule has 0 bridgehead atoms. The highest BCUT2D eigenvalue weighted by Gasteiger charge is 2.22. The van der Waals surface area contributed by atoms with E-state index in [1.807, 2.05) is 18.2 Å². The van der Waals surface area contributed by atoms with Gasteiger partial charge in [-0.05, 0) is 67.0 Å². The van der Waals surface area contributed by atoms with Gasteiger partial charge in [0.1, 0.15) is 5.82 Å². The first kappa shape index (κ1) is 19.7. The summed E-state index contributed by atoms with van der Waals surface area (Å²) < 4.78 is 18.8. The molecule has 0 saturated carbocycles. The van der Waals surface area contributed by atoms with Crippen molar-refractivity contribution >= 4 is 23.0 Å². The molecule has 1 saturated heterocycles. The van der Waals surface area contributed by atoms with E-state index in [1.165, 1.54) is 23.3 Å². The van der Waals surface area contributed by atoms with E-state index >= 15 is 0 Å². The van der Waals surface area contributed by atoms with E-state index in [4.69, 9.17) is 17.0 Å². The van der Waals surface area contributed by atoms with Crippen molar-refractivity contribution in [3.63, 3.8) is 0 Å². The summed E-state index contributed by atoms with van der Waals surface area (Å²) in [7, 11) is 0. The van der Waals surface area contributed by atoms with Crippen molar-refractivity contribution in [3.8, 4) is 0 Å².